The highest BCUT2D eigenvalue weighted by molar-refractivity contribution is 5.95. The normalized spacial score (nSPS) is 18.3. The van der Waals surface area contributed by atoms with E-state index in [0.29, 0.717) is 30.2 Å². The van der Waals surface area contributed by atoms with E-state index in [1.165, 1.54) is 5.56 Å². The first-order valence-corrected chi connectivity index (χ1v) is 9.51. The van der Waals surface area contributed by atoms with Gasteiger partial charge in [-0.25, -0.2) is 0 Å². The van der Waals surface area contributed by atoms with Crippen molar-refractivity contribution in [2.45, 2.75) is 13.0 Å². The summed E-state index contributed by atoms with van der Waals surface area (Å²) in [6.07, 6.45) is 0. The number of carbonyl (C=O) groups is 1. The molecule has 154 valence electrons. The summed E-state index contributed by atoms with van der Waals surface area (Å²) >= 11 is 0. The Hall–Kier alpha value is -2.64. The zero-order valence-electron chi connectivity index (χ0n) is 16.1. The zero-order chi connectivity index (χ0) is 19.1. The molecule has 7 nitrogen and oxygen atoms in total. The Labute approximate surface area is 175 Å². The first kappa shape index (κ1) is 19.7. The Morgan fingerprint density at radius 1 is 0.828 bits per heavy atom. The molecule has 0 N–H and O–H groups in total. The Bertz CT molecular complexity index is 914. The maximum atomic E-state index is 12.9. The van der Waals surface area contributed by atoms with Crippen LogP contribution in [0.3, 0.4) is 0 Å². The number of amides is 1. The molecule has 3 heterocycles. The summed E-state index contributed by atoms with van der Waals surface area (Å²) < 4.78 is 21.6. The second kappa shape index (κ2) is 8.00. The van der Waals surface area contributed by atoms with E-state index in [2.05, 4.69) is 24.0 Å². The van der Waals surface area contributed by atoms with Crippen LogP contribution in [0.4, 0.5) is 0 Å². The summed E-state index contributed by atoms with van der Waals surface area (Å²) in [6.45, 7) is 5.73. The lowest BCUT2D eigenvalue weighted by atomic mass is 10.0. The van der Waals surface area contributed by atoms with E-state index in [1.54, 1.807) is 18.2 Å². The number of hydrogen-bond acceptors (Lipinski definition) is 6. The number of hydrogen-bond donors (Lipinski definition) is 0. The molecule has 29 heavy (non-hydrogen) atoms. The van der Waals surface area contributed by atoms with Gasteiger partial charge < -0.3 is 23.8 Å². The minimum Gasteiger partial charge on any atom is -0.454 e. The molecule has 1 amide bonds. The number of piperazine rings is 1. The minimum atomic E-state index is 0. The summed E-state index contributed by atoms with van der Waals surface area (Å²) in [4.78, 5) is 17.1. The van der Waals surface area contributed by atoms with Crippen molar-refractivity contribution in [2.24, 2.45) is 0 Å². The average molecular weight is 419 g/mol. The zero-order valence-corrected chi connectivity index (χ0v) is 16.9. The van der Waals surface area contributed by atoms with Crippen LogP contribution >= 0.6 is 12.4 Å². The third-order valence-corrected chi connectivity index (χ3v) is 5.65. The maximum absolute atomic E-state index is 12.9. The topological polar surface area (TPSA) is 60.5 Å². The van der Waals surface area contributed by atoms with E-state index < -0.39 is 0 Å². The van der Waals surface area contributed by atoms with Crippen molar-refractivity contribution in [1.82, 2.24) is 9.80 Å². The summed E-state index contributed by atoms with van der Waals surface area (Å²) in [7, 11) is 0. The van der Waals surface area contributed by atoms with Crippen LogP contribution in [0.1, 0.15) is 28.9 Å². The molecule has 5 rings (SSSR count). The molecule has 3 aliphatic rings. The van der Waals surface area contributed by atoms with Crippen LogP contribution in [0.15, 0.2) is 36.4 Å². The van der Waals surface area contributed by atoms with Crippen LogP contribution in [-0.2, 0) is 0 Å². The van der Waals surface area contributed by atoms with E-state index >= 15 is 0 Å². The Morgan fingerprint density at radius 3 is 2.10 bits per heavy atom. The summed E-state index contributed by atoms with van der Waals surface area (Å²) in [6, 6.07) is 11.7. The van der Waals surface area contributed by atoms with Gasteiger partial charge in [-0.2, -0.15) is 0 Å². The van der Waals surface area contributed by atoms with E-state index in [9.17, 15) is 4.79 Å². The maximum Gasteiger partial charge on any atom is 0.254 e. The first-order valence-electron chi connectivity index (χ1n) is 9.51. The Morgan fingerprint density at radius 2 is 1.41 bits per heavy atom. The highest BCUT2D eigenvalue weighted by Crippen LogP contribution is 2.36. The van der Waals surface area contributed by atoms with Crippen molar-refractivity contribution in [1.29, 1.82) is 0 Å². The van der Waals surface area contributed by atoms with Crippen molar-refractivity contribution < 1.29 is 23.7 Å². The average Bonchev–Trinajstić information content (AvgIpc) is 3.40. The van der Waals surface area contributed by atoms with Crippen LogP contribution < -0.4 is 18.9 Å². The van der Waals surface area contributed by atoms with Gasteiger partial charge in [0.1, 0.15) is 0 Å². The van der Waals surface area contributed by atoms with Gasteiger partial charge in [0.25, 0.3) is 5.91 Å². The van der Waals surface area contributed by atoms with E-state index in [0.717, 1.165) is 24.6 Å². The molecule has 1 saturated heterocycles. The van der Waals surface area contributed by atoms with Gasteiger partial charge in [0, 0.05) is 37.8 Å². The van der Waals surface area contributed by atoms with Crippen LogP contribution in [0.5, 0.6) is 23.0 Å². The first-order chi connectivity index (χ1) is 13.7. The third-order valence-electron chi connectivity index (χ3n) is 5.65. The molecule has 0 radical (unpaired) electrons. The number of fused-ring (bicyclic) bond motifs is 2. The van der Waals surface area contributed by atoms with Gasteiger partial charge in [0.15, 0.2) is 23.0 Å². The Balaban J connectivity index is 0.00000205. The molecule has 3 aliphatic heterocycles. The smallest absolute Gasteiger partial charge is 0.254 e. The molecular weight excluding hydrogens is 396 g/mol. The van der Waals surface area contributed by atoms with Crippen LogP contribution in [0, 0.1) is 0 Å². The van der Waals surface area contributed by atoms with Crippen molar-refractivity contribution in [3.8, 4) is 23.0 Å². The molecule has 0 aliphatic carbocycles. The number of rotatable bonds is 3. The molecule has 2 aromatic rings. The highest BCUT2D eigenvalue weighted by atomic mass is 35.5. The van der Waals surface area contributed by atoms with Crippen molar-refractivity contribution in [3.05, 3.63) is 47.5 Å². The van der Waals surface area contributed by atoms with E-state index in [4.69, 9.17) is 18.9 Å². The minimum absolute atomic E-state index is 0. The van der Waals surface area contributed by atoms with E-state index in [1.807, 2.05) is 11.0 Å². The standard InChI is InChI=1S/C21H22N2O5.ClH/c1-14(15-2-4-17-19(10-15)27-12-25-17)22-6-8-23(9-7-22)21(24)16-3-5-18-20(11-16)28-13-26-18;/h2-5,10-11,14H,6-9,12-13H2,1H3;1H. The van der Waals surface area contributed by atoms with Gasteiger partial charge in [-0.05, 0) is 42.8 Å². The number of ether oxygens (including phenoxy) is 4. The fourth-order valence-electron chi connectivity index (χ4n) is 3.91. The fraction of sp³-hybridized carbons (Fsp3) is 0.381. The monoisotopic (exact) mass is 418 g/mol. The molecule has 2 aromatic carbocycles. The molecule has 0 spiro atoms. The van der Waals surface area contributed by atoms with Gasteiger partial charge in [-0.15, -0.1) is 12.4 Å². The van der Waals surface area contributed by atoms with Crippen LogP contribution in [0.25, 0.3) is 0 Å². The Kier molecular flexibility index (Phi) is 5.43. The fourth-order valence-corrected chi connectivity index (χ4v) is 3.91. The lowest BCUT2D eigenvalue weighted by Gasteiger charge is -2.38. The van der Waals surface area contributed by atoms with Gasteiger partial charge in [-0.3, -0.25) is 9.69 Å². The number of halogens is 1. The molecule has 0 aromatic heterocycles. The van der Waals surface area contributed by atoms with Crippen molar-refractivity contribution in [3.63, 3.8) is 0 Å². The van der Waals surface area contributed by atoms with E-state index in [-0.39, 0.29) is 37.9 Å². The van der Waals surface area contributed by atoms with Crippen LogP contribution in [-0.4, -0.2) is 55.5 Å². The second-order valence-electron chi connectivity index (χ2n) is 7.18. The third kappa shape index (κ3) is 3.68. The quantitative estimate of drug-likeness (QED) is 0.763. The van der Waals surface area contributed by atoms with Crippen molar-refractivity contribution >= 4 is 18.3 Å². The van der Waals surface area contributed by atoms with Gasteiger partial charge >= 0.3 is 0 Å². The predicted octanol–water partition coefficient (Wildman–Crippen LogP) is 3.08. The number of benzene rings is 2. The SMILES string of the molecule is CC(c1ccc2c(c1)OCO2)N1CCN(C(=O)c2ccc3c(c2)OCO3)CC1.Cl. The highest BCUT2D eigenvalue weighted by Gasteiger charge is 2.27. The molecular formula is C21H23ClN2O5. The van der Waals surface area contributed by atoms with Crippen molar-refractivity contribution in [2.75, 3.05) is 39.8 Å². The molecule has 1 atom stereocenters. The number of nitrogens with zero attached hydrogens (tertiary/aromatic N) is 2. The molecule has 1 unspecified atom stereocenters. The molecule has 1 fully saturated rings. The van der Waals surface area contributed by atoms with Gasteiger partial charge in [0.2, 0.25) is 13.6 Å². The van der Waals surface area contributed by atoms with Gasteiger partial charge in [-0.1, -0.05) is 6.07 Å². The summed E-state index contributed by atoms with van der Waals surface area (Å²) in [5, 5.41) is 0. The molecule has 0 bridgehead atoms. The lowest BCUT2D eigenvalue weighted by Crippen LogP contribution is -2.49. The molecule has 0 saturated carbocycles. The summed E-state index contributed by atoms with van der Waals surface area (Å²) in [5.41, 5.74) is 1.83. The van der Waals surface area contributed by atoms with Gasteiger partial charge in [0.05, 0.1) is 0 Å². The lowest BCUT2D eigenvalue weighted by molar-refractivity contribution is 0.0581. The predicted molar refractivity (Wildman–Crippen MR) is 108 cm³/mol. The molecule has 8 heteroatoms. The number of carbonyl (C=O) groups excluding carboxylic acids is 1. The summed E-state index contributed by atoms with van der Waals surface area (Å²) in [5.74, 6) is 2.98. The largest absolute Gasteiger partial charge is 0.454 e. The second-order valence-corrected chi connectivity index (χ2v) is 7.18. The van der Waals surface area contributed by atoms with Crippen LogP contribution in [0.2, 0.25) is 0 Å².